The van der Waals surface area contributed by atoms with E-state index in [1.54, 1.807) is 6.92 Å². The molecule has 1 unspecified atom stereocenters. The average molecular weight is 264 g/mol. The van der Waals surface area contributed by atoms with E-state index in [9.17, 15) is 13.2 Å². The van der Waals surface area contributed by atoms with E-state index < -0.39 is 18.0 Å². The largest absolute Gasteiger partial charge is 0.472 e. The van der Waals surface area contributed by atoms with Crippen molar-refractivity contribution in [2.75, 3.05) is 13.7 Å². The Hall–Kier alpha value is -1.34. The maximum atomic E-state index is 12.5. The number of nitrogens with zero attached hydrogens (tertiary/aromatic N) is 1. The van der Waals surface area contributed by atoms with Gasteiger partial charge in [-0.1, -0.05) is 6.07 Å². The van der Waals surface area contributed by atoms with Crippen LogP contribution in [0.2, 0.25) is 0 Å². The van der Waals surface area contributed by atoms with Crippen molar-refractivity contribution in [2.24, 2.45) is 5.73 Å². The van der Waals surface area contributed by atoms with Crippen molar-refractivity contribution in [1.29, 1.82) is 0 Å². The van der Waals surface area contributed by atoms with Gasteiger partial charge >= 0.3 is 6.18 Å². The Bertz CT molecular complexity index is 396. The molecular weight excluding hydrogens is 249 g/mol. The summed E-state index contributed by atoms with van der Waals surface area (Å²) in [6.07, 6.45) is -4.91. The fraction of sp³-hybridized carbons (Fsp3) is 0.545. The lowest BCUT2D eigenvalue weighted by atomic mass is 10.2. The predicted molar refractivity (Wildman–Crippen MR) is 59.1 cm³/mol. The maximum Gasteiger partial charge on any atom is 0.433 e. The van der Waals surface area contributed by atoms with E-state index in [2.05, 4.69) is 4.98 Å². The van der Waals surface area contributed by atoms with Gasteiger partial charge in [-0.05, 0) is 13.0 Å². The van der Waals surface area contributed by atoms with Crippen LogP contribution in [0.4, 0.5) is 13.2 Å². The second-order valence-electron chi connectivity index (χ2n) is 3.75. The number of hydrogen-bond donors (Lipinski definition) is 1. The molecule has 0 aromatic carbocycles. The zero-order valence-corrected chi connectivity index (χ0v) is 10.1. The molecule has 2 N–H and O–H groups in total. The molecule has 1 aromatic rings. The molecule has 102 valence electrons. The van der Waals surface area contributed by atoms with Crippen LogP contribution in [0.5, 0.6) is 5.88 Å². The van der Waals surface area contributed by atoms with E-state index in [4.69, 9.17) is 15.2 Å². The summed E-state index contributed by atoms with van der Waals surface area (Å²) in [7, 11) is 1.48. The lowest BCUT2D eigenvalue weighted by Gasteiger charge is -2.16. The molecule has 0 amide bonds. The smallest absolute Gasteiger partial charge is 0.433 e. The van der Waals surface area contributed by atoms with Crippen molar-refractivity contribution in [3.05, 3.63) is 23.4 Å². The van der Waals surface area contributed by atoms with Gasteiger partial charge in [-0.3, -0.25) is 0 Å². The minimum atomic E-state index is -4.50. The zero-order chi connectivity index (χ0) is 13.8. The molecule has 0 aliphatic rings. The third kappa shape index (κ3) is 3.85. The molecule has 0 aliphatic carbocycles. The molecule has 0 bridgehead atoms. The first-order valence-electron chi connectivity index (χ1n) is 5.31. The summed E-state index contributed by atoms with van der Waals surface area (Å²) in [5.74, 6) is -0.100. The van der Waals surface area contributed by atoms with Crippen molar-refractivity contribution in [2.45, 2.75) is 25.7 Å². The Morgan fingerprint density at radius 3 is 2.56 bits per heavy atom. The predicted octanol–water partition coefficient (Wildman–Crippen LogP) is 1.97. The van der Waals surface area contributed by atoms with Gasteiger partial charge in [0.1, 0.15) is 11.8 Å². The molecule has 1 rings (SSSR count). The van der Waals surface area contributed by atoms with Gasteiger partial charge in [0, 0.05) is 19.2 Å². The van der Waals surface area contributed by atoms with Crippen LogP contribution in [0.1, 0.15) is 18.2 Å². The summed E-state index contributed by atoms with van der Waals surface area (Å²) in [6.45, 7) is 1.98. The first-order valence-corrected chi connectivity index (χ1v) is 5.31. The van der Waals surface area contributed by atoms with Crippen molar-refractivity contribution in [3.8, 4) is 5.88 Å². The Morgan fingerprint density at radius 1 is 1.39 bits per heavy atom. The summed E-state index contributed by atoms with van der Waals surface area (Å²) in [4.78, 5) is 3.45. The second-order valence-corrected chi connectivity index (χ2v) is 3.75. The molecule has 18 heavy (non-hydrogen) atoms. The normalized spacial score (nSPS) is 13.4. The van der Waals surface area contributed by atoms with Crippen LogP contribution in [0.15, 0.2) is 12.1 Å². The quantitative estimate of drug-likeness (QED) is 0.883. The second kappa shape index (κ2) is 6.01. The molecule has 0 radical (unpaired) electrons. The first-order chi connectivity index (χ1) is 8.38. The number of rotatable bonds is 5. The highest BCUT2D eigenvalue weighted by Crippen LogP contribution is 2.30. The van der Waals surface area contributed by atoms with Gasteiger partial charge in [-0.15, -0.1) is 0 Å². The fourth-order valence-corrected chi connectivity index (χ4v) is 1.34. The van der Waals surface area contributed by atoms with Crippen LogP contribution in [-0.2, 0) is 17.5 Å². The number of methoxy groups -OCH3 is 1. The Morgan fingerprint density at radius 2 is 2.06 bits per heavy atom. The Kier molecular flexibility index (Phi) is 4.92. The fourth-order valence-electron chi connectivity index (χ4n) is 1.34. The third-order valence-electron chi connectivity index (χ3n) is 2.16. The van der Waals surface area contributed by atoms with Crippen LogP contribution < -0.4 is 10.5 Å². The molecule has 0 fully saturated rings. The molecular formula is C11H15F3N2O2. The van der Waals surface area contributed by atoms with E-state index in [0.29, 0.717) is 5.56 Å². The highest BCUT2D eigenvalue weighted by molar-refractivity contribution is 5.29. The lowest BCUT2D eigenvalue weighted by molar-refractivity contribution is -0.141. The number of nitrogens with two attached hydrogens (primary N) is 1. The van der Waals surface area contributed by atoms with Crippen molar-refractivity contribution in [1.82, 2.24) is 4.98 Å². The monoisotopic (exact) mass is 264 g/mol. The SMILES string of the molecule is COCC(C)Oc1nc(C(F)(F)F)ccc1CN. The standard InChI is InChI=1S/C11H15F3N2O2/c1-7(6-17-2)18-10-8(5-15)3-4-9(16-10)11(12,13)14/h3-4,7H,5-6,15H2,1-2H3. The molecule has 0 aliphatic heterocycles. The molecule has 4 nitrogen and oxygen atoms in total. The molecule has 1 heterocycles. The molecule has 7 heteroatoms. The van der Waals surface area contributed by atoms with E-state index in [-0.39, 0.29) is 19.0 Å². The van der Waals surface area contributed by atoms with Gasteiger partial charge in [0.05, 0.1) is 6.61 Å². The van der Waals surface area contributed by atoms with E-state index in [0.717, 1.165) is 6.07 Å². The molecule has 1 aromatic heterocycles. The third-order valence-corrected chi connectivity index (χ3v) is 2.16. The number of pyridine rings is 1. The minimum Gasteiger partial charge on any atom is -0.472 e. The van der Waals surface area contributed by atoms with Gasteiger partial charge in [0.15, 0.2) is 0 Å². The Labute approximate surface area is 103 Å². The van der Waals surface area contributed by atoms with Gasteiger partial charge < -0.3 is 15.2 Å². The topological polar surface area (TPSA) is 57.4 Å². The van der Waals surface area contributed by atoms with Gasteiger partial charge in [0.2, 0.25) is 5.88 Å². The maximum absolute atomic E-state index is 12.5. The number of hydrogen-bond acceptors (Lipinski definition) is 4. The number of halogens is 3. The zero-order valence-electron chi connectivity index (χ0n) is 10.1. The summed E-state index contributed by atoms with van der Waals surface area (Å²) < 4.78 is 47.7. The first kappa shape index (κ1) is 14.7. The van der Waals surface area contributed by atoms with Crippen molar-refractivity contribution in [3.63, 3.8) is 0 Å². The summed E-state index contributed by atoms with van der Waals surface area (Å²) >= 11 is 0. The van der Waals surface area contributed by atoms with Crippen molar-refractivity contribution >= 4 is 0 Å². The van der Waals surface area contributed by atoms with Crippen LogP contribution in [0, 0.1) is 0 Å². The highest BCUT2D eigenvalue weighted by atomic mass is 19.4. The van der Waals surface area contributed by atoms with E-state index >= 15 is 0 Å². The lowest BCUT2D eigenvalue weighted by Crippen LogP contribution is -2.21. The van der Waals surface area contributed by atoms with Crippen LogP contribution in [0.25, 0.3) is 0 Å². The summed E-state index contributed by atoms with van der Waals surface area (Å²) in [5.41, 5.74) is 4.85. The molecule has 0 spiro atoms. The van der Waals surface area contributed by atoms with Crippen molar-refractivity contribution < 1.29 is 22.6 Å². The van der Waals surface area contributed by atoms with Gasteiger partial charge in [0.25, 0.3) is 0 Å². The number of alkyl halides is 3. The molecule has 1 atom stereocenters. The van der Waals surface area contributed by atoms with Crippen LogP contribution in [-0.4, -0.2) is 24.8 Å². The average Bonchev–Trinajstić information content (AvgIpc) is 2.28. The highest BCUT2D eigenvalue weighted by Gasteiger charge is 2.33. The molecule has 0 saturated carbocycles. The summed E-state index contributed by atoms with van der Waals surface area (Å²) in [6, 6.07) is 2.15. The van der Waals surface area contributed by atoms with Gasteiger partial charge in [-0.2, -0.15) is 13.2 Å². The van der Waals surface area contributed by atoms with Crippen LogP contribution >= 0.6 is 0 Å². The minimum absolute atomic E-state index is 0.0557. The number of ether oxygens (including phenoxy) is 2. The number of aromatic nitrogens is 1. The van der Waals surface area contributed by atoms with E-state index in [1.807, 2.05) is 0 Å². The van der Waals surface area contributed by atoms with Crippen LogP contribution in [0.3, 0.4) is 0 Å². The van der Waals surface area contributed by atoms with E-state index in [1.165, 1.54) is 13.2 Å². The Balaban J connectivity index is 2.99. The summed E-state index contributed by atoms with van der Waals surface area (Å²) in [5, 5.41) is 0. The molecule has 0 saturated heterocycles. The van der Waals surface area contributed by atoms with Gasteiger partial charge in [-0.25, -0.2) is 4.98 Å².